The van der Waals surface area contributed by atoms with Crippen LogP contribution in [-0.2, 0) is 14.2 Å². The highest BCUT2D eigenvalue weighted by molar-refractivity contribution is 5.09. The fourth-order valence-corrected chi connectivity index (χ4v) is 2.24. The van der Waals surface area contributed by atoms with Gasteiger partial charge in [0.25, 0.3) is 0 Å². The fraction of sp³-hybridized carbons (Fsp3) is 0.846. The number of hydrogen-bond acceptors (Lipinski definition) is 4. The molecule has 0 saturated carbocycles. The van der Waals surface area contributed by atoms with Gasteiger partial charge in [0.15, 0.2) is 11.9 Å². The first-order valence-electron chi connectivity index (χ1n) is 6.39. The van der Waals surface area contributed by atoms with Crippen LogP contribution in [0.2, 0.25) is 0 Å². The molecule has 0 aromatic carbocycles. The highest BCUT2D eigenvalue weighted by Crippen LogP contribution is 2.31. The van der Waals surface area contributed by atoms with Crippen molar-refractivity contribution in [3.05, 3.63) is 11.8 Å². The van der Waals surface area contributed by atoms with Crippen LogP contribution in [-0.4, -0.2) is 35.8 Å². The quantitative estimate of drug-likeness (QED) is 0.818. The molecule has 2 rings (SSSR count). The molecule has 0 bridgehead atoms. The van der Waals surface area contributed by atoms with E-state index in [1.165, 1.54) is 0 Å². The third-order valence-electron chi connectivity index (χ3n) is 3.15. The van der Waals surface area contributed by atoms with Crippen molar-refractivity contribution in [2.75, 3.05) is 6.61 Å². The van der Waals surface area contributed by atoms with E-state index in [-0.39, 0.29) is 12.2 Å². The Morgan fingerprint density at radius 3 is 2.82 bits per heavy atom. The molecular weight excluding hydrogens is 220 g/mol. The van der Waals surface area contributed by atoms with Crippen molar-refractivity contribution in [2.24, 2.45) is 0 Å². The fourth-order valence-electron chi connectivity index (χ4n) is 2.24. The molecule has 0 amide bonds. The van der Waals surface area contributed by atoms with Gasteiger partial charge in [0.1, 0.15) is 12.2 Å². The number of unbranched alkanes of at least 4 members (excludes halogenated alkanes) is 1. The van der Waals surface area contributed by atoms with Gasteiger partial charge in [0.2, 0.25) is 0 Å². The Bertz CT molecular complexity index is 298. The molecule has 0 radical (unpaired) electrons. The number of hydrogen-bond donors (Lipinski definition) is 1. The normalized spacial score (nSPS) is 35.8. The zero-order valence-electron chi connectivity index (χ0n) is 10.8. The first-order valence-corrected chi connectivity index (χ1v) is 6.39. The first kappa shape index (κ1) is 12.9. The summed E-state index contributed by atoms with van der Waals surface area (Å²) in [6.45, 7) is 6.36. The molecule has 17 heavy (non-hydrogen) atoms. The summed E-state index contributed by atoms with van der Waals surface area (Å²) in [5.74, 6) is 0.317. The average Bonchev–Trinajstić information content (AvgIpc) is 2.78. The molecule has 2 aliphatic rings. The van der Waals surface area contributed by atoms with Gasteiger partial charge in [-0.05, 0) is 26.3 Å². The van der Waals surface area contributed by atoms with E-state index in [1.54, 1.807) is 6.08 Å². The maximum atomic E-state index is 9.95. The van der Waals surface area contributed by atoms with Gasteiger partial charge in [0.05, 0.1) is 12.4 Å². The molecule has 1 saturated heterocycles. The molecule has 98 valence electrons. The van der Waals surface area contributed by atoms with E-state index < -0.39 is 11.9 Å². The zero-order chi connectivity index (χ0) is 12.5. The molecular formula is C13H22O4. The van der Waals surface area contributed by atoms with E-state index in [0.717, 1.165) is 25.0 Å². The first-order chi connectivity index (χ1) is 8.02. The topological polar surface area (TPSA) is 47.9 Å². The van der Waals surface area contributed by atoms with Crippen LogP contribution in [0.5, 0.6) is 0 Å². The van der Waals surface area contributed by atoms with Gasteiger partial charge >= 0.3 is 0 Å². The highest BCUT2D eigenvalue weighted by Gasteiger charge is 2.43. The molecule has 0 aromatic rings. The lowest BCUT2D eigenvalue weighted by atomic mass is 10.1. The summed E-state index contributed by atoms with van der Waals surface area (Å²) in [7, 11) is 0. The minimum atomic E-state index is -0.579. The lowest BCUT2D eigenvalue weighted by molar-refractivity contribution is -0.156. The lowest BCUT2D eigenvalue weighted by Crippen LogP contribution is -2.37. The van der Waals surface area contributed by atoms with Crippen molar-refractivity contribution in [3.8, 4) is 0 Å². The molecule has 0 spiro atoms. The van der Waals surface area contributed by atoms with Crippen molar-refractivity contribution in [1.29, 1.82) is 0 Å². The molecule has 0 aliphatic carbocycles. The van der Waals surface area contributed by atoms with Crippen LogP contribution in [0.4, 0.5) is 0 Å². The van der Waals surface area contributed by atoms with Crippen LogP contribution in [0, 0.1) is 0 Å². The Balaban J connectivity index is 1.89. The van der Waals surface area contributed by atoms with Crippen LogP contribution >= 0.6 is 0 Å². The lowest BCUT2D eigenvalue weighted by Gasteiger charge is -2.23. The molecule has 0 aromatic heterocycles. The summed E-state index contributed by atoms with van der Waals surface area (Å²) in [4.78, 5) is 0. The summed E-state index contributed by atoms with van der Waals surface area (Å²) >= 11 is 0. The second kappa shape index (κ2) is 4.96. The minimum Gasteiger partial charge on any atom is -0.489 e. The monoisotopic (exact) mass is 242 g/mol. The SMILES string of the molecule is CCCCC1=C[C@@H](O)[C@@H]([C@H]2COC(C)(C)O2)O1. The van der Waals surface area contributed by atoms with Gasteiger partial charge in [0, 0.05) is 6.42 Å². The van der Waals surface area contributed by atoms with E-state index in [2.05, 4.69) is 6.92 Å². The van der Waals surface area contributed by atoms with Crippen molar-refractivity contribution in [1.82, 2.24) is 0 Å². The highest BCUT2D eigenvalue weighted by atomic mass is 16.7. The van der Waals surface area contributed by atoms with Crippen molar-refractivity contribution >= 4 is 0 Å². The standard InChI is InChI=1S/C13H22O4/c1-4-5-6-9-7-10(14)12(16-9)11-8-15-13(2,3)17-11/h7,10-12,14H,4-6,8H2,1-3H3/t10-,11-,12+/m1/s1. The van der Waals surface area contributed by atoms with Gasteiger partial charge in [-0.3, -0.25) is 0 Å². The maximum absolute atomic E-state index is 9.95. The molecule has 3 atom stereocenters. The predicted octanol–water partition coefficient (Wildman–Crippen LogP) is 1.97. The molecule has 2 heterocycles. The van der Waals surface area contributed by atoms with Crippen molar-refractivity contribution < 1.29 is 19.3 Å². The van der Waals surface area contributed by atoms with Gasteiger partial charge in [-0.25, -0.2) is 0 Å². The summed E-state index contributed by atoms with van der Waals surface area (Å²) in [5, 5.41) is 9.95. The zero-order valence-corrected chi connectivity index (χ0v) is 10.8. The largest absolute Gasteiger partial charge is 0.489 e. The summed E-state index contributed by atoms with van der Waals surface area (Å²) < 4.78 is 17.0. The van der Waals surface area contributed by atoms with Crippen LogP contribution < -0.4 is 0 Å². The number of allylic oxidation sites excluding steroid dienone is 1. The maximum Gasteiger partial charge on any atom is 0.163 e. The van der Waals surface area contributed by atoms with E-state index in [1.807, 2.05) is 13.8 Å². The Hall–Kier alpha value is -0.580. The molecule has 2 aliphatic heterocycles. The molecule has 1 N–H and O–H groups in total. The molecule has 4 nitrogen and oxygen atoms in total. The van der Waals surface area contributed by atoms with E-state index in [4.69, 9.17) is 14.2 Å². The van der Waals surface area contributed by atoms with Crippen LogP contribution in [0.15, 0.2) is 11.8 Å². The van der Waals surface area contributed by atoms with Crippen molar-refractivity contribution in [3.63, 3.8) is 0 Å². The summed E-state index contributed by atoms with van der Waals surface area (Å²) in [5.41, 5.74) is 0. The van der Waals surface area contributed by atoms with E-state index in [0.29, 0.717) is 6.61 Å². The van der Waals surface area contributed by atoms with E-state index >= 15 is 0 Å². The third-order valence-corrected chi connectivity index (χ3v) is 3.15. The van der Waals surface area contributed by atoms with Crippen LogP contribution in [0.1, 0.15) is 40.0 Å². The Labute approximate surface area is 103 Å². The number of aliphatic hydroxyl groups excluding tert-OH is 1. The smallest absolute Gasteiger partial charge is 0.163 e. The average molecular weight is 242 g/mol. The Morgan fingerprint density at radius 2 is 2.24 bits per heavy atom. The second-order valence-electron chi connectivity index (χ2n) is 5.18. The Kier molecular flexibility index (Phi) is 3.76. The van der Waals surface area contributed by atoms with Gasteiger partial charge in [-0.2, -0.15) is 0 Å². The number of rotatable bonds is 4. The second-order valence-corrected chi connectivity index (χ2v) is 5.18. The minimum absolute atomic E-state index is 0.185. The van der Waals surface area contributed by atoms with Crippen molar-refractivity contribution in [2.45, 2.75) is 64.1 Å². The van der Waals surface area contributed by atoms with Crippen LogP contribution in [0.3, 0.4) is 0 Å². The Morgan fingerprint density at radius 1 is 1.47 bits per heavy atom. The number of aliphatic hydroxyl groups is 1. The third kappa shape index (κ3) is 3.00. The molecule has 0 unspecified atom stereocenters. The van der Waals surface area contributed by atoms with Crippen LogP contribution in [0.25, 0.3) is 0 Å². The van der Waals surface area contributed by atoms with Gasteiger partial charge in [-0.1, -0.05) is 13.3 Å². The van der Waals surface area contributed by atoms with Gasteiger partial charge in [-0.15, -0.1) is 0 Å². The molecule has 1 fully saturated rings. The summed E-state index contributed by atoms with van der Waals surface area (Å²) in [6.07, 6.45) is 3.81. The van der Waals surface area contributed by atoms with E-state index in [9.17, 15) is 5.11 Å². The summed E-state index contributed by atoms with van der Waals surface area (Å²) in [6, 6.07) is 0. The van der Waals surface area contributed by atoms with Gasteiger partial charge < -0.3 is 19.3 Å². The molecule has 4 heteroatoms. The predicted molar refractivity (Wildman–Crippen MR) is 63.4 cm³/mol. The number of ether oxygens (including phenoxy) is 3.